The van der Waals surface area contributed by atoms with Crippen molar-refractivity contribution in [3.63, 3.8) is 0 Å². The molecular formula is C20H23FN2O3. The van der Waals surface area contributed by atoms with E-state index in [0.717, 1.165) is 29.7 Å². The van der Waals surface area contributed by atoms with E-state index in [1.165, 1.54) is 12.1 Å². The fraction of sp³-hybridized carbons (Fsp3) is 0.450. The van der Waals surface area contributed by atoms with Crippen LogP contribution in [0.25, 0.3) is 0 Å². The van der Waals surface area contributed by atoms with Crippen LogP contribution in [0.2, 0.25) is 0 Å². The number of hydrogen-bond donors (Lipinski definition) is 2. The topological polar surface area (TPSA) is 77.1 Å². The summed E-state index contributed by atoms with van der Waals surface area (Å²) >= 11 is 0. The van der Waals surface area contributed by atoms with E-state index in [0.29, 0.717) is 31.7 Å². The molecule has 0 aromatic heterocycles. The summed E-state index contributed by atoms with van der Waals surface area (Å²) in [7, 11) is 0. The molecule has 3 N–H and O–H groups in total. The molecule has 1 aliphatic heterocycles. The molecule has 1 aromatic carbocycles. The van der Waals surface area contributed by atoms with Gasteiger partial charge in [0.2, 0.25) is 0 Å². The van der Waals surface area contributed by atoms with Gasteiger partial charge in [-0.3, -0.25) is 0 Å². The number of nitrogens with zero attached hydrogens (tertiary/aromatic N) is 1. The third-order valence-electron chi connectivity index (χ3n) is 5.63. The van der Waals surface area contributed by atoms with Gasteiger partial charge < -0.3 is 20.3 Å². The number of nitrogens with two attached hydrogens (primary N) is 1. The highest BCUT2D eigenvalue weighted by Gasteiger charge is 2.52. The number of aliphatic imine (C=N–C) groups is 1. The van der Waals surface area contributed by atoms with Crippen molar-refractivity contribution < 1.29 is 19.0 Å². The Bertz CT molecular complexity index is 779. The molecule has 0 bridgehead atoms. The van der Waals surface area contributed by atoms with E-state index in [-0.39, 0.29) is 12.4 Å². The third kappa shape index (κ3) is 2.98. The summed E-state index contributed by atoms with van der Waals surface area (Å²) in [5, 5.41) is 10.2. The molecule has 5 nitrogen and oxygen atoms in total. The molecule has 2 fully saturated rings. The summed E-state index contributed by atoms with van der Waals surface area (Å²) in [5.41, 5.74) is 8.89. The van der Waals surface area contributed by atoms with Crippen LogP contribution in [-0.4, -0.2) is 36.4 Å². The van der Waals surface area contributed by atoms with Gasteiger partial charge >= 0.3 is 0 Å². The van der Waals surface area contributed by atoms with E-state index in [9.17, 15) is 9.50 Å². The van der Waals surface area contributed by atoms with E-state index in [2.05, 4.69) is 4.99 Å². The minimum Gasteiger partial charge on any atom is -0.404 e. The second-order valence-corrected chi connectivity index (χ2v) is 7.23. The highest BCUT2D eigenvalue weighted by Crippen LogP contribution is 2.53. The molecule has 1 heterocycles. The Morgan fingerprint density at radius 3 is 2.62 bits per heavy atom. The molecule has 0 radical (unpaired) electrons. The van der Waals surface area contributed by atoms with E-state index in [4.69, 9.17) is 15.2 Å². The van der Waals surface area contributed by atoms with Crippen LogP contribution in [0.5, 0.6) is 0 Å². The van der Waals surface area contributed by atoms with Crippen LogP contribution in [0.4, 0.5) is 10.1 Å². The van der Waals surface area contributed by atoms with E-state index in [1.54, 1.807) is 18.3 Å². The first-order valence-electron chi connectivity index (χ1n) is 8.93. The molecule has 6 heteroatoms. The van der Waals surface area contributed by atoms with Crippen LogP contribution in [0, 0.1) is 11.2 Å². The second-order valence-electron chi connectivity index (χ2n) is 7.23. The lowest BCUT2D eigenvalue weighted by molar-refractivity contribution is -0.195. The molecule has 1 atom stereocenters. The molecule has 0 unspecified atom stereocenters. The van der Waals surface area contributed by atoms with Crippen molar-refractivity contribution in [2.75, 3.05) is 19.8 Å². The van der Waals surface area contributed by atoms with Gasteiger partial charge in [0.15, 0.2) is 5.79 Å². The first-order chi connectivity index (χ1) is 12.6. The molecule has 26 heavy (non-hydrogen) atoms. The van der Waals surface area contributed by atoms with Gasteiger partial charge in [0.1, 0.15) is 5.82 Å². The number of benzene rings is 1. The van der Waals surface area contributed by atoms with Crippen molar-refractivity contribution in [3.8, 4) is 0 Å². The normalized spacial score (nSPS) is 30.6. The zero-order valence-corrected chi connectivity index (χ0v) is 14.6. The fourth-order valence-corrected chi connectivity index (χ4v) is 4.28. The molecule has 138 valence electrons. The number of allylic oxidation sites excluding steroid dienone is 2. The second kappa shape index (κ2) is 6.61. The van der Waals surface area contributed by atoms with Crippen molar-refractivity contribution in [1.29, 1.82) is 0 Å². The molecule has 1 saturated heterocycles. The van der Waals surface area contributed by atoms with E-state index < -0.39 is 11.2 Å². The molecule has 3 aliphatic rings. The maximum Gasteiger partial charge on any atom is 0.169 e. The van der Waals surface area contributed by atoms with Crippen LogP contribution in [0.15, 0.2) is 52.7 Å². The molecule has 1 spiro atoms. The maximum atomic E-state index is 13.1. The lowest BCUT2D eigenvalue weighted by Crippen LogP contribution is -2.47. The lowest BCUT2D eigenvalue weighted by Gasteiger charge is -2.48. The summed E-state index contributed by atoms with van der Waals surface area (Å²) in [6.07, 6.45) is 6.31. The molecule has 2 aliphatic carbocycles. The first kappa shape index (κ1) is 17.4. The van der Waals surface area contributed by atoms with Crippen LogP contribution in [0.3, 0.4) is 0 Å². The predicted molar refractivity (Wildman–Crippen MR) is 96.5 cm³/mol. The molecular weight excluding hydrogens is 335 g/mol. The van der Waals surface area contributed by atoms with Crippen LogP contribution >= 0.6 is 0 Å². The number of aliphatic hydroxyl groups excluding tert-OH is 1. The van der Waals surface area contributed by atoms with Crippen molar-refractivity contribution in [1.82, 2.24) is 0 Å². The highest BCUT2D eigenvalue weighted by molar-refractivity contribution is 6.11. The minimum atomic E-state index is -0.592. The van der Waals surface area contributed by atoms with Crippen molar-refractivity contribution >= 4 is 11.4 Å². The Morgan fingerprint density at radius 1 is 1.23 bits per heavy atom. The molecule has 1 saturated carbocycles. The lowest BCUT2D eigenvalue weighted by atomic mass is 9.62. The standard InChI is InChI=1S/C20H23FN2O3/c21-16-1-3-17(4-2-16)23-18-9-15-5-6-20(25-7-8-26-20)12-19(15,13-24)10-14(18)11-22/h1-4,9,11,24H,5-8,10,12-13,22H2/b14-11-,23-18?/t19-/m1/s1. The number of aliphatic hydroxyl groups is 1. The van der Waals surface area contributed by atoms with E-state index >= 15 is 0 Å². The predicted octanol–water partition coefficient (Wildman–Crippen LogP) is 2.98. The van der Waals surface area contributed by atoms with Gasteiger partial charge in [0, 0.05) is 18.3 Å². The Balaban J connectivity index is 1.71. The van der Waals surface area contributed by atoms with Gasteiger partial charge in [-0.1, -0.05) is 5.57 Å². The average molecular weight is 358 g/mol. The van der Waals surface area contributed by atoms with Crippen molar-refractivity contribution in [3.05, 3.63) is 53.5 Å². The first-order valence-corrected chi connectivity index (χ1v) is 8.93. The van der Waals surface area contributed by atoms with Gasteiger partial charge in [-0.15, -0.1) is 0 Å². The summed E-state index contributed by atoms with van der Waals surface area (Å²) in [6, 6.07) is 6.05. The van der Waals surface area contributed by atoms with Crippen molar-refractivity contribution in [2.45, 2.75) is 31.5 Å². The number of hydrogen-bond acceptors (Lipinski definition) is 5. The van der Waals surface area contributed by atoms with E-state index in [1.807, 2.05) is 6.08 Å². The number of halogens is 1. The molecule has 0 amide bonds. The number of rotatable bonds is 2. The van der Waals surface area contributed by atoms with Gasteiger partial charge in [0.25, 0.3) is 0 Å². The van der Waals surface area contributed by atoms with Crippen molar-refractivity contribution in [2.24, 2.45) is 16.1 Å². The Kier molecular flexibility index (Phi) is 4.42. The number of fused-ring (bicyclic) bond motifs is 1. The third-order valence-corrected chi connectivity index (χ3v) is 5.63. The Morgan fingerprint density at radius 2 is 1.96 bits per heavy atom. The highest BCUT2D eigenvalue weighted by atomic mass is 19.1. The average Bonchev–Trinajstić information content (AvgIpc) is 3.11. The minimum absolute atomic E-state index is 0.00840. The maximum absolute atomic E-state index is 13.1. The smallest absolute Gasteiger partial charge is 0.169 e. The molecule has 1 aromatic rings. The molecule has 4 rings (SSSR count). The summed E-state index contributed by atoms with van der Waals surface area (Å²) in [6.45, 7) is 1.20. The quantitative estimate of drug-likeness (QED) is 0.852. The zero-order chi connectivity index (χ0) is 18.2. The van der Waals surface area contributed by atoms with Gasteiger partial charge in [-0.25, -0.2) is 9.38 Å². The zero-order valence-electron chi connectivity index (χ0n) is 14.6. The van der Waals surface area contributed by atoms with Gasteiger partial charge in [-0.2, -0.15) is 0 Å². The van der Waals surface area contributed by atoms with Crippen LogP contribution in [0.1, 0.15) is 25.7 Å². The van der Waals surface area contributed by atoms with Gasteiger partial charge in [-0.05, 0) is 55.0 Å². The Hall–Kier alpha value is -2.02. The van der Waals surface area contributed by atoms with Gasteiger partial charge in [0.05, 0.1) is 31.2 Å². The van der Waals surface area contributed by atoms with Crippen LogP contribution in [-0.2, 0) is 9.47 Å². The summed E-state index contributed by atoms with van der Waals surface area (Å²) in [4.78, 5) is 4.64. The summed E-state index contributed by atoms with van der Waals surface area (Å²) in [5.74, 6) is -0.884. The monoisotopic (exact) mass is 358 g/mol. The fourth-order valence-electron chi connectivity index (χ4n) is 4.28. The largest absolute Gasteiger partial charge is 0.404 e. The SMILES string of the molecule is N/C=C1/C[C@]2(CO)CC3(CCC2=CC1=Nc1ccc(F)cc1)OCCO3. The Labute approximate surface area is 152 Å². The van der Waals surface area contributed by atoms with Crippen LogP contribution < -0.4 is 5.73 Å². The summed E-state index contributed by atoms with van der Waals surface area (Å²) < 4.78 is 24.9. The number of ether oxygens (including phenoxy) is 2.